The Morgan fingerprint density at radius 3 is 2.67 bits per heavy atom. The summed E-state index contributed by atoms with van der Waals surface area (Å²) >= 11 is 1.64. The molecule has 5 nitrogen and oxygen atoms in total. The van der Waals surface area contributed by atoms with Crippen molar-refractivity contribution < 1.29 is 8.42 Å². The number of piperidine rings is 1. The third-order valence-electron chi connectivity index (χ3n) is 3.16. The molecular weight excluding hydrogens is 270 g/mol. The average molecular weight is 289 g/mol. The SMILES string of the molecule is CCS(=O)(=O)N1CCC(Nc2ncc(C)s2)CC1. The maximum Gasteiger partial charge on any atom is 0.213 e. The highest BCUT2D eigenvalue weighted by atomic mass is 32.2. The molecule has 0 amide bonds. The van der Waals surface area contributed by atoms with Crippen LogP contribution in [-0.2, 0) is 10.0 Å². The van der Waals surface area contributed by atoms with Gasteiger partial charge >= 0.3 is 0 Å². The minimum Gasteiger partial charge on any atom is -0.359 e. The number of aryl methyl sites for hydroxylation is 1. The molecule has 1 fully saturated rings. The highest BCUT2D eigenvalue weighted by molar-refractivity contribution is 7.89. The van der Waals surface area contributed by atoms with Crippen LogP contribution in [0.15, 0.2) is 6.20 Å². The van der Waals surface area contributed by atoms with Crippen molar-refractivity contribution in [3.8, 4) is 0 Å². The van der Waals surface area contributed by atoms with Crippen LogP contribution in [0.4, 0.5) is 5.13 Å². The van der Waals surface area contributed by atoms with Crippen molar-refractivity contribution in [2.24, 2.45) is 0 Å². The van der Waals surface area contributed by atoms with Crippen molar-refractivity contribution >= 4 is 26.5 Å². The van der Waals surface area contributed by atoms with Crippen LogP contribution in [0.25, 0.3) is 0 Å². The first kappa shape index (κ1) is 13.8. The van der Waals surface area contributed by atoms with Gasteiger partial charge in [-0.25, -0.2) is 17.7 Å². The molecule has 1 saturated heterocycles. The van der Waals surface area contributed by atoms with Crippen molar-refractivity contribution in [1.82, 2.24) is 9.29 Å². The monoisotopic (exact) mass is 289 g/mol. The van der Waals surface area contributed by atoms with E-state index in [1.165, 1.54) is 4.88 Å². The van der Waals surface area contributed by atoms with Gasteiger partial charge in [0.2, 0.25) is 10.0 Å². The topological polar surface area (TPSA) is 62.3 Å². The van der Waals surface area contributed by atoms with Crippen LogP contribution in [0.1, 0.15) is 24.6 Å². The molecule has 1 aromatic heterocycles. The Hall–Kier alpha value is -0.660. The molecule has 102 valence electrons. The molecular formula is C11H19N3O2S2. The van der Waals surface area contributed by atoms with Gasteiger partial charge in [0, 0.05) is 30.2 Å². The van der Waals surface area contributed by atoms with Crippen LogP contribution in [0.5, 0.6) is 0 Å². The Morgan fingerprint density at radius 2 is 2.17 bits per heavy atom. The minimum atomic E-state index is -3.02. The number of nitrogens with one attached hydrogen (secondary N) is 1. The van der Waals surface area contributed by atoms with E-state index in [1.54, 1.807) is 22.6 Å². The maximum atomic E-state index is 11.7. The zero-order chi connectivity index (χ0) is 13.2. The second kappa shape index (κ2) is 5.54. The van der Waals surface area contributed by atoms with Gasteiger partial charge in [-0.15, -0.1) is 11.3 Å². The molecule has 0 aliphatic carbocycles. The summed E-state index contributed by atoms with van der Waals surface area (Å²) in [5.74, 6) is 0.191. The van der Waals surface area contributed by atoms with Crippen LogP contribution < -0.4 is 5.32 Å². The summed E-state index contributed by atoms with van der Waals surface area (Å²) in [6.07, 6.45) is 3.54. The van der Waals surface area contributed by atoms with Crippen LogP contribution in [0.2, 0.25) is 0 Å². The molecule has 1 N–H and O–H groups in total. The highest BCUT2D eigenvalue weighted by Crippen LogP contribution is 2.22. The fraction of sp³-hybridized carbons (Fsp3) is 0.727. The Morgan fingerprint density at radius 1 is 1.50 bits per heavy atom. The van der Waals surface area contributed by atoms with E-state index in [9.17, 15) is 8.42 Å². The van der Waals surface area contributed by atoms with Gasteiger partial charge in [-0.05, 0) is 26.7 Å². The predicted octanol–water partition coefficient (Wildman–Crippen LogP) is 1.68. The molecule has 0 atom stereocenters. The molecule has 1 aliphatic rings. The summed E-state index contributed by atoms with van der Waals surface area (Å²) in [4.78, 5) is 5.45. The van der Waals surface area contributed by atoms with Crippen LogP contribution in [0, 0.1) is 6.92 Å². The van der Waals surface area contributed by atoms with Gasteiger partial charge in [0.15, 0.2) is 5.13 Å². The van der Waals surface area contributed by atoms with Gasteiger partial charge < -0.3 is 5.32 Å². The van der Waals surface area contributed by atoms with Gasteiger partial charge in [-0.3, -0.25) is 0 Å². The Bertz CT molecular complexity index is 490. The number of nitrogens with zero attached hydrogens (tertiary/aromatic N) is 2. The zero-order valence-corrected chi connectivity index (χ0v) is 12.4. The van der Waals surface area contributed by atoms with E-state index in [-0.39, 0.29) is 5.75 Å². The number of anilines is 1. The first-order valence-corrected chi connectivity index (χ1v) is 8.60. The molecule has 7 heteroatoms. The summed E-state index contributed by atoms with van der Waals surface area (Å²) in [5.41, 5.74) is 0. The van der Waals surface area contributed by atoms with Crippen molar-refractivity contribution in [3.63, 3.8) is 0 Å². The van der Waals surface area contributed by atoms with Crippen LogP contribution in [0.3, 0.4) is 0 Å². The Labute approximate surface area is 112 Å². The lowest BCUT2D eigenvalue weighted by Gasteiger charge is -2.31. The van der Waals surface area contributed by atoms with Crippen LogP contribution in [-0.4, -0.2) is 42.6 Å². The smallest absolute Gasteiger partial charge is 0.213 e. The van der Waals surface area contributed by atoms with Crippen molar-refractivity contribution in [1.29, 1.82) is 0 Å². The molecule has 1 aliphatic heterocycles. The lowest BCUT2D eigenvalue weighted by Crippen LogP contribution is -2.42. The molecule has 1 aromatic rings. The standard InChI is InChI=1S/C11H19N3O2S2/c1-3-18(15,16)14-6-4-10(5-7-14)13-11-12-8-9(2)17-11/h8,10H,3-7H2,1-2H3,(H,12,13). The summed E-state index contributed by atoms with van der Waals surface area (Å²) in [7, 11) is -3.02. The van der Waals surface area contributed by atoms with Crippen molar-refractivity contribution in [3.05, 3.63) is 11.1 Å². The van der Waals surface area contributed by atoms with Gasteiger partial charge in [-0.2, -0.15) is 0 Å². The van der Waals surface area contributed by atoms with Crippen molar-refractivity contribution in [2.75, 3.05) is 24.2 Å². The minimum absolute atomic E-state index is 0.191. The van der Waals surface area contributed by atoms with E-state index in [4.69, 9.17) is 0 Å². The van der Waals surface area contributed by atoms with E-state index < -0.39 is 10.0 Å². The fourth-order valence-electron chi connectivity index (χ4n) is 2.06. The number of hydrogen-bond donors (Lipinski definition) is 1. The molecule has 0 bridgehead atoms. The van der Waals surface area contributed by atoms with E-state index in [1.807, 2.05) is 13.1 Å². The average Bonchev–Trinajstić information content (AvgIpc) is 2.75. The number of rotatable bonds is 4. The van der Waals surface area contributed by atoms with E-state index in [2.05, 4.69) is 10.3 Å². The molecule has 2 heterocycles. The molecule has 18 heavy (non-hydrogen) atoms. The Balaban J connectivity index is 1.87. The molecule has 0 spiro atoms. The second-order valence-electron chi connectivity index (χ2n) is 4.49. The molecule has 0 saturated carbocycles. The molecule has 0 unspecified atom stereocenters. The van der Waals surface area contributed by atoms with Gasteiger partial charge in [0.1, 0.15) is 0 Å². The fourth-order valence-corrected chi connectivity index (χ4v) is 3.93. The third kappa shape index (κ3) is 3.21. The zero-order valence-electron chi connectivity index (χ0n) is 10.7. The number of thiazole rings is 1. The van der Waals surface area contributed by atoms with Gasteiger partial charge in [-0.1, -0.05) is 0 Å². The lowest BCUT2D eigenvalue weighted by atomic mass is 10.1. The molecule has 0 radical (unpaired) electrons. The molecule has 0 aromatic carbocycles. The van der Waals surface area contributed by atoms with E-state index >= 15 is 0 Å². The van der Waals surface area contributed by atoms with Crippen LogP contribution >= 0.6 is 11.3 Å². The maximum absolute atomic E-state index is 11.7. The van der Waals surface area contributed by atoms with Gasteiger partial charge in [0.05, 0.1) is 5.75 Å². The lowest BCUT2D eigenvalue weighted by molar-refractivity contribution is 0.330. The largest absolute Gasteiger partial charge is 0.359 e. The summed E-state index contributed by atoms with van der Waals surface area (Å²) in [6.45, 7) is 4.94. The van der Waals surface area contributed by atoms with Gasteiger partial charge in [0.25, 0.3) is 0 Å². The third-order valence-corrected chi connectivity index (χ3v) is 5.89. The van der Waals surface area contributed by atoms with Crippen molar-refractivity contribution in [2.45, 2.75) is 32.7 Å². The first-order valence-electron chi connectivity index (χ1n) is 6.18. The number of hydrogen-bond acceptors (Lipinski definition) is 5. The second-order valence-corrected chi connectivity index (χ2v) is 7.99. The predicted molar refractivity (Wildman–Crippen MR) is 74.5 cm³/mol. The quantitative estimate of drug-likeness (QED) is 0.916. The number of sulfonamides is 1. The number of aromatic nitrogens is 1. The highest BCUT2D eigenvalue weighted by Gasteiger charge is 2.26. The molecule has 2 rings (SSSR count). The van der Waals surface area contributed by atoms with E-state index in [0.717, 1.165) is 18.0 Å². The summed E-state index contributed by atoms with van der Waals surface area (Å²) in [5, 5.41) is 4.31. The summed E-state index contributed by atoms with van der Waals surface area (Å²) in [6, 6.07) is 0.332. The normalized spacial score (nSPS) is 19.0. The van der Waals surface area contributed by atoms with E-state index in [0.29, 0.717) is 19.1 Å². The Kier molecular flexibility index (Phi) is 4.24. The summed E-state index contributed by atoms with van der Waals surface area (Å²) < 4.78 is 25.0. The first-order chi connectivity index (χ1) is 8.51.